The van der Waals surface area contributed by atoms with Crippen LogP contribution >= 0.6 is 23.2 Å². The molecule has 0 unspecified atom stereocenters. The summed E-state index contributed by atoms with van der Waals surface area (Å²) in [6.07, 6.45) is 1.01. The van der Waals surface area contributed by atoms with Crippen LogP contribution in [0.25, 0.3) is 0 Å². The average Bonchev–Trinajstić information content (AvgIpc) is 2.63. The number of hydrogen-bond acceptors (Lipinski definition) is 4. The first-order valence-corrected chi connectivity index (χ1v) is 11.0. The van der Waals surface area contributed by atoms with E-state index in [0.717, 1.165) is 16.1 Å². The summed E-state index contributed by atoms with van der Waals surface area (Å²) in [5.41, 5.74) is 0.918. The fourth-order valence-corrected chi connectivity index (χ4v) is 4.48. The molecule has 0 aliphatic rings. The van der Waals surface area contributed by atoms with E-state index in [1.165, 1.54) is 19.1 Å². The van der Waals surface area contributed by atoms with Crippen molar-refractivity contribution in [1.29, 1.82) is 0 Å². The van der Waals surface area contributed by atoms with Gasteiger partial charge in [0.05, 0.1) is 30.1 Å². The molecule has 1 amide bonds. The average molecular weight is 445 g/mol. The normalized spacial score (nSPS) is 13.5. The molecule has 1 N–H and O–H groups in total. The Balaban J connectivity index is 2.33. The number of methoxy groups -OCH3 is 1. The van der Waals surface area contributed by atoms with E-state index in [4.69, 9.17) is 27.9 Å². The van der Waals surface area contributed by atoms with Gasteiger partial charge in [-0.05, 0) is 38.1 Å². The molecule has 0 saturated carbocycles. The Morgan fingerprint density at radius 1 is 1.14 bits per heavy atom. The van der Waals surface area contributed by atoms with Gasteiger partial charge >= 0.3 is 0 Å². The van der Waals surface area contributed by atoms with Gasteiger partial charge in [0.15, 0.2) is 0 Å². The van der Waals surface area contributed by atoms with Crippen LogP contribution in [0.3, 0.4) is 0 Å². The van der Waals surface area contributed by atoms with Crippen molar-refractivity contribution >= 4 is 44.8 Å². The van der Waals surface area contributed by atoms with Crippen molar-refractivity contribution in [2.24, 2.45) is 0 Å². The molecule has 0 heterocycles. The van der Waals surface area contributed by atoms with Crippen LogP contribution in [0, 0.1) is 0 Å². The third-order valence-electron chi connectivity index (χ3n) is 4.20. The Bertz CT molecular complexity index is 966. The van der Waals surface area contributed by atoms with Crippen molar-refractivity contribution in [3.8, 4) is 5.75 Å². The van der Waals surface area contributed by atoms with E-state index in [1.54, 1.807) is 26.2 Å². The molecule has 2 rings (SSSR count). The van der Waals surface area contributed by atoms with E-state index in [2.05, 4.69) is 5.32 Å². The van der Waals surface area contributed by atoms with Gasteiger partial charge in [0.25, 0.3) is 0 Å². The predicted octanol–water partition coefficient (Wildman–Crippen LogP) is 4.03. The third-order valence-corrected chi connectivity index (χ3v) is 5.98. The Kier molecular flexibility index (Phi) is 7.20. The van der Waals surface area contributed by atoms with Crippen molar-refractivity contribution in [2.45, 2.75) is 25.9 Å². The number of carbonyl (C=O) groups is 1. The van der Waals surface area contributed by atoms with Crippen LogP contribution in [-0.4, -0.2) is 33.7 Å². The summed E-state index contributed by atoms with van der Waals surface area (Å²) in [7, 11) is -2.27. The van der Waals surface area contributed by atoms with Gasteiger partial charge in [-0.25, -0.2) is 8.42 Å². The highest BCUT2D eigenvalue weighted by Gasteiger charge is 2.31. The lowest BCUT2D eigenvalue weighted by atomic mass is 10.1. The number of para-hydroxylation sites is 1. The molecule has 0 spiro atoms. The minimum atomic E-state index is -3.81. The number of hydrogen-bond donors (Lipinski definition) is 1. The van der Waals surface area contributed by atoms with Gasteiger partial charge in [0.1, 0.15) is 11.8 Å². The van der Waals surface area contributed by atoms with Gasteiger partial charge in [-0.2, -0.15) is 0 Å². The number of carbonyl (C=O) groups excluding carboxylic acids is 1. The standard InChI is InChI=1S/C19H22Cl2N2O4S/c1-12(15-7-5-6-8-18(15)27-3)22-19(24)13(2)23(28(4,25)26)17-11-14(20)9-10-16(17)21/h5-13H,1-4H3,(H,22,24)/t12-,13-/m1/s1. The van der Waals surface area contributed by atoms with E-state index in [-0.39, 0.29) is 10.7 Å². The van der Waals surface area contributed by atoms with Gasteiger partial charge in [0.2, 0.25) is 15.9 Å². The number of nitrogens with zero attached hydrogens (tertiary/aromatic N) is 1. The summed E-state index contributed by atoms with van der Waals surface area (Å²) >= 11 is 12.2. The second-order valence-corrected chi connectivity index (χ2v) is 9.01. The number of nitrogens with one attached hydrogen (secondary N) is 1. The van der Waals surface area contributed by atoms with Gasteiger partial charge in [-0.15, -0.1) is 0 Å². The summed E-state index contributed by atoms with van der Waals surface area (Å²) in [5.74, 6) is 0.140. The number of benzene rings is 2. The van der Waals surface area contributed by atoms with Crippen molar-refractivity contribution in [1.82, 2.24) is 5.32 Å². The Labute approximate surface area is 175 Å². The molecule has 2 atom stereocenters. The van der Waals surface area contributed by atoms with Gasteiger partial charge in [-0.3, -0.25) is 9.10 Å². The topological polar surface area (TPSA) is 75.7 Å². The molecular formula is C19H22Cl2N2O4S. The highest BCUT2D eigenvalue weighted by molar-refractivity contribution is 7.92. The second-order valence-electron chi connectivity index (χ2n) is 6.30. The smallest absolute Gasteiger partial charge is 0.244 e. The Hall–Kier alpha value is -1.96. The van der Waals surface area contributed by atoms with Crippen molar-refractivity contribution in [3.63, 3.8) is 0 Å². The molecule has 2 aromatic rings. The number of ether oxygens (including phenoxy) is 1. The lowest BCUT2D eigenvalue weighted by Gasteiger charge is -2.30. The van der Waals surface area contributed by atoms with Crippen LogP contribution < -0.4 is 14.4 Å². The minimum Gasteiger partial charge on any atom is -0.496 e. The highest BCUT2D eigenvalue weighted by atomic mass is 35.5. The fraction of sp³-hybridized carbons (Fsp3) is 0.316. The molecule has 2 aromatic carbocycles. The lowest BCUT2D eigenvalue weighted by Crippen LogP contribution is -2.48. The molecule has 0 aliphatic heterocycles. The number of sulfonamides is 1. The number of anilines is 1. The first-order chi connectivity index (χ1) is 13.1. The zero-order chi connectivity index (χ0) is 21.1. The number of amides is 1. The third kappa shape index (κ3) is 5.10. The molecule has 152 valence electrons. The van der Waals surface area contributed by atoms with Crippen LogP contribution in [0.15, 0.2) is 42.5 Å². The van der Waals surface area contributed by atoms with Crippen LogP contribution in [0.2, 0.25) is 10.0 Å². The van der Waals surface area contributed by atoms with Gasteiger partial charge in [0, 0.05) is 10.6 Å². The van der Waals surface area contributed by atoms with Crippen LogP contribution in [0.4, 0.5) is 5.69 Å². The zero-order valence-electron chi connectivity index (χ0n) is 15.9. The SMILES string of the molecule is COc1ccccc1[C@@H](C)NC(=O)[C@@H](C)N(c1cc(Cl)ccc1Cl)S(C)(=O)=O. The zero-order valence-corrected chi connectivity index (χ0v) is 18.3. The fourth-order valence-electron chi connectivity index (χ4n) is 2.87. The molecule has 6 nitrogen and oxygen atoms in total. The summed E-state index contributed by atoms with van der Waals surface area (Å²) in [4.78, 5) is 12.8. The molecular weight excluding hydrogens is 423 g/mol. The van der Waals surface area contributed by atoms with Crippen molar-refractivity contribution in [3.05, 3.63) is 58.1 Å². The lowest BCUT2D eigenvalue weighted by molar-refractivity contribution is -0.122. The molecule has 0 fully saturated rings. The van der Waals surface area contributed by atoms with E-state index in [0.29, 0.717) is 10.8 Å². The van der Waals surface area contributed by atoms with Crippen molar-refractivity contribution in [2.75, 3.05) is 17.7 Å². The van der Waals surface area contributed by atoms with Gasteiger partial charge < -0.3 is 10.1 Å². The molecule has 0 saturated heterocycles. The maximum atomic E-state index is 12.8. The number of rotatable bonds is 7. The highest BCUT2D eigenvalue weighted by Crippen LogP contribution is 2.32. The Morgan fingerprint density at radius 3 is 2.39 bits per heavy atom. The maximum Gasteiger partial charge on any atom is 0.244 e. The van der Waals surface area contributed by atoms with Gasteiger partial charge in [-0.1, -0.05) is 41.4 Å². The molecule has 9 heteroatoms. The molecule has 0 radical (unpaired) electrons. The summed E-state index contributed by atoms with van der Waals surface area (Å²) in [5, 5.41) is 3.31. The monoisotopic (exact) mass is 444 g/mol. The maximum absolute atomic E-state index is 12.8. The van der Waals surface area contributed by atoms with E-state index >= 15 is 0 Å². The predicted molar refractivity (Wildman–Crippen MR) is 113 cm³/mol. The summed E-state index contributed by atoms with van der Waals surface area (Å²) < 4.78 is 31.1. The molecule has 28 heavy (non-hydrogen) atoms. The van der Waals surface area contributed by atoms with E-state index in [1.807, 2.05) is 18.2 Å². The van der Waals surface area contributed by atoms with E-state index < -0.39 is 28.0 Å². The van der Waals surface area contributed by atoms with Crippen LogP contribution in [-0.2, 0) is 14.8 Å². The minimum absolute atomic E-state index is 0.143. The molecule has 0 aromatic heterocycles. The van der Waals surface area contributed by atoms with Crippen LogP contribution in [0.5, 0.6) is 5.75 Å². The molecule has 0 bridgehead atoms. The largest absolute Gasteiger partial charge is 0.496 e. The quantitative estimate of drug-likeness (QED) is 0.698. The van der Waals surface area contributed by atoms with E-state index in [9.17, 15) is 13.2 Å². The van der Waals surface area contributed by atoms with Crippen molar-refractivity contribution < 1.29 is 17.9 Å². The Morgan fingerprint density at radius 2 is 1.79 bits per heavy atom. The summed E-state index contributed by atoms with van der Waals surface area (Å²) in [6, 6.07) is 10.3. The molecule has 0 aliphatic carbocycles. The second kappa shape index (κ2) is 9.03. The first kappa shape index (κ1) is 22.3. The summed E-state index contributed by atoms with van der Waals surface area (Å²) in [6.45, 7) is 3.28. The first-order valence-electron chi connectivity index (χ1n) is 8.44. The van der Waals surface area contributed by atoms with Crippen LogP contribution in [0.1, 0.15) is 25.5 Å². The number of halogens is 2.